The SMILES string of the molecule is c1cc(-c2n[nH]c3c2N2CCC3CC2)ccn1. The van der Waals surface area contributed by atoms with Gasteiger partial charge < -0.3 is 4.90 Å². The summed E-state index contributed by atoms with van der Waals surface area (Å²) in [5.41, 5.74) is 4.92. The maximum atomic E-state index is 4.51. The minimum Gasteiger partial charge on any atom is -0.368 e. The maximum Gasteiger partial charge on any atom is 0.116 e. The summed E-state index contributed by atoms with van der Waals surface area (Å²) in [6.45, 7) is 2.35. The Hall–Kier alpha value is -1.84. The van der Waals surface area contributed by atoms with Gasteiger partial charge in [-0.2, -0.15) is 5.10 Å². The molecule has 5 heterocycles. The summed E-state index contributed by atoms with van der Waals surface area (Å²) >= 11 is 0. The average Bonchev–Trinajstić information content (AvgIpc) is 2.88. The highest BCUT2D eigenvalue weighted by atomic mass is 15.2. The van der Waals surface area contributed by atoms with E-state index in [1.54, 1.807) is 0 Å². The highest BCUT2D eigenvalue weighted by Gasteiger charge is 2.35. The predicted molar refractivity (Wildman–Crippen MR) is 66.0 cm³/mol. The zero-order valence-electron chi connectivity index (χ0n) is 9.56. The molecule has 0 saturated carbocycles. The number of hydrogen-bond acceptors (Lipinski definition) is 3. The molecule has 0 radical (unpaired) electrons. The Morgan fingerprint density at radius 3 is 2.71 bits per heavy atom. The van der Waals surface area contributed by atoms with Crippen molar-refractivity contribution >= 4 is 5.69 Å². The molecule has 0 aliphatic carbocycles. The third kappa shape index (κ3) is 1.24. The third-order valence-electron chi connectivity index (χ3n) is 3.94. The van der Waals surface area contributed by atoms with Crippen LogP contribution in [0.2, 0.25) is 0 Å². The van der Waals surface area contributed by atoms with E-state index in [-0.39, 0.29) is 0 Å². The Kier molecular flexibility index (Phi) is 1.80. The summed E-state index contributed by atoms with van der Waals surface area (Å²) in [7, 11) is 0. The lowest BCUT2D eigenvalue weighted by Crippen LogP contribution is -2.38. The number of hydrogen-bond donors (Lipinski definition) is 1. The van der Waals surface area contributed by atoms with Gasteiger partial charge in [0.05, 0.1) is 11.4 Å². The number of nitrogens with zero attached hydrogens (tertiary/aromatic N) is 3. The fraction of sp³-hybridized carbons (Fsp3) is 0.385. The van der Waals surface area contributed by atoms with Crippen molar-refractivity contribution in [3.8, 4) is 11.3 Å². The molecule has 5 rings (SSSR count). The van der Waals surface area contributed by atoms with Gasteiger partial charge in [0.2, 0.25) is 0 Å². The quantitative estimate of drug-likeness (QED) is 0.810. The van der Waals surface area contributed by atoms with Gasteiger partial charge in [-0.05, 0) is 25.0 Å². The molecule has 0 atom stereocenters. The highest BCUT2D eigenvalue weighted by Crippen LogP contribution is 2.45. The fourth-order valence-corrected chi connectivity index (χ4v) is 3.06. The molecule has 0 spiro atoms. The van der Waals surface area contributed by atoms with Crippen LogP contribution in [0, 0.1) is 0 Å². The van der Waals surface area contributed by atoms with Crippen LogP contribution in [0.1, 0.15) is 24.5 Å². The second-order valence-corrected chi connectivity index (χ2v) is 4.83. The van der Waals surface area contributed by atoms with E-state index in [0.717, 1.165) is 11.3 Å². The summed E-state index contributed by atoms with van der Waals surface area (Å²) in [6, 6.07) is 4.06. The molecule has 1 fully saturated rings. The van der Waals surface area contributed by atoms with Gasteiger partial charge >= 0.3 is 0 Å². The van der Waals surface area contributed by atoms with Gasteiger partial charge in [0.1, 0.15) is 5.69 Å². The molecule has 2 aromatic heterocycles. The lowest BCUT2D eigenvalue weighted by molar-refractivity contribution is 0.466. The summed E-state index contributed by atoms with van der Waals surface area (Å²) in [6.07, 6.45) is 6.19. The third-order valence-corrected chi connectivity index (χ3v) is 3.94. The Labute approximate surface area is 99.7 Å². The Bertz CT molecular complexity index is 538. The minimum absolute atomic E-state index is 0.693. The van der Waals surface area contributed by atoms with Crippen molar-refractivity contribution in [2.75, 3.05) is 18.0 Å². The molecule has 2 bridgehead atoms. The van der Waals surface area contributed by atoms with Gasteiger partial charge in [0.25, 0.3) is 0 Å². The largest absolute Gasteiger partial charge is 0.368 e. The molecular weight excluding hydrogens is 212 g/mol. The minimum atomic E-state index is 0.693. The number of piperidine rings is 1. The van der Waals surface area contributed by atoms with Crippen LogP contribution in [0.5, 0.6) is 0 Å². The van der Waals surface area contributed by atoms with Gasteiger partial charge in [-0.3, -0.25) is 10.1 Å². The van der Waals surface area contributed by atoms with Crippen LogP contribution in [0.15, 0.2) is 24.5 Å². The normalized spacial score (nSPS) is 18.5. The first-order chi connectivity index (χ1) is 8.43. The van der Waals surface area contributed by atoms with Crippen LogP contribution in [0.4, 0.5) is 5.69 Å². The lowest BCUT2D eigenvalue weighted by Gasteiger charge is -2.40. The number of rotatable bonds is 1. The van der Waals surface area contributed by atoms with Crippen molar-refractivity contribution in [3.05, 3.63) is 30.2 Å². The molecule has 4 nitrogen and oxygen atoms in total. The van der Waals surface area contributed by atoms with Crippen LogP contribution >= 0.6 is 0 Å². The molecule has 0 aromatic carbocycles. The van der Waals surface area contributed by atoms with Crippen molar-refractivity contribution in [2.45, 2.75) is 18.8 Å². The number of aromatic nitrogens is 3. The number of nitrogens with one attached hydrogen (secondary N) is 1. The summed E-state index contributed by atoms with van der Waals surface area (Å²) < 4.78 is 0. The zero-order valence-corrected chi connectivity index (χ0v) is 9.56. The van der Waals surface area contributed by atoms with E-state index in [1.807, 2.05) is 24.5 Å². The highest BCUT2D eigenvalue weighted by molar-refractivity contribution is 5.78. The maximum absolute atomic E-state index is 4.51. The molecule has 17 heavy (non-hydrogen) atoms. The van der Waals surface area contributed by atoms with Crippen LogP contribution in [0.25, 0.3) is 11.3 Å². The Morgan fingerprint density at radius 2 is 1.94 bits per heavy atom. The molecule has 86 valence electrons. The van der Waals surface area contributed by atoms with Gasteiger partial charge in [0, 0.05) is 37.0 Å². The molecule has 0 amide bonds. The molecule has 3 aliphatic heterocycles. The van der Waals surface area contributed by atoms with Crippen LogP contribution in [-0.4, -0.2) is 28.3 Å². The molecule has 4 heteroatoms. The van der Waals surface area contributed by atoms with Crippen LogP contribution < -0.4 is 4.90 Å². The van der Waals surface area contributed by atoms with Gasteiger partial charge in [-0.15, -0.1) is 0 Å². The van der Waals surface area contributed by atoms with Gasteiger partial charge in [0.15, 0.2) is 0 Å². The first-order valence-corrected chi connectivity index (χ1v) is 6.17. The van der Waals surface area contributed by atoms with Crippen molar-refractivity contribution in [3.63, 3.8) is 0 Å². The average molecular weight is 226 g/mol. The molecule has 3 aliphatic rings. The first kappa shape index (κ1) is 9.22. The number of H-pyrrole nitrogens is 1. The van der Waals surface area contributed by atoms with Crippen LogP contribution in [0.3, 0.4) is 0 Å². The van der Waals surface area contributed by atoms with E-state index < -0.39 is 0 Å². The summed E-state index contributed by atoms with van der Waals surface area (Å²) in [4.78, 5) is 6.53. The van der Waals surface area contributed by atoms with Crippen molar-refractivity contribution in [2.24, 2.45) is 0 Å². The number of fused-ring (bicyclic) bond motifs is 2. The fourth-order valence-electron chi connectivity index (χ4n) is 3.06. The van der Waals surface area contributed by atoms with E-state index in [4.69, 9.17) is 0 Å². The zero-order chi connectivity index (χ0) is 11.2. The first-order valence-electron chi connectivity index (χ1n) is 6.17. The number of aromatic amines is 1. The number of pyridine rings is 1. The molecular formula is C13H14N4. The molecule has 1 N–H and O–H groups in total. The Balaban J connectivity index is 1.90. The second kappa shape index (κ2) is 3.32. The standard InChI is InChI=1S/C13H14N4/c1-5-14-6-2-9(1)11-13-12(16-15-11)10-3-7-17(13)8-4-10/h1-2,5-6,10H,3-4,7-8H2,(H,15,16). The van der Waals surface area contributed by atoms with Crippen LogP contribution in [-0.2, 0) is 0 Å². The topological polar surface area (TPSA) is 44.8 Å². The smallest absolute Gasteiger partial charge is 0.116 e. The second-order valence-electron chi connectivity index (χ2n) is 4.83. The summed E-state index contributed by atoms with van der Waals surface area (Å²) in [5.74, 6) is 0.693. The van der Waals surface area contributed by atoms with E-state index in [9.17, 15) is 0 Å². The molecule has 0 unspecified atom stereocenters. The summed E-state index contributed by atoms with van der Waals surface area (Å²) in [5, 5.41) is 7.76. The van der Waals surface area contributed by atoms with Gasteiger partial charge in [-0.25, -0.2) is 0 Å². The van der Waals surface area contributed by atoms with E-state index >= 15 is 0 Å². The van der Waals surface area contributed by atoms with E-state index in [2.05, 4.69) is 20.1 Å². The van der Waals surface area contributed by atoms with Crippen molar-refractivity contribution in [1.29, 1.82) is 0 Å². The van der Waals surface area contributed by atoms with Crippen molar-refractivity contribution < 1.29 is 0 Å². The molecule has 1 saturated heterocycles. The van der Waals surface area contributed by atoms with Crippen molar-refractivity contribution in [1.82, 2.24) is 15.2 Å². The predicted octanol–water partition coefficient (Wildman–Crippen LogP) is 2.17. The Morgan fingerprint density at radius 1 is 1.18 bits per heavy atom. The monoisotopic (exact) mass is 226 g/mol. The molecule has 2 aromatic rings. The van der Waals surface area contributed by atoms with E-state index in [0.29, 0.717) is 5.92 Å². The lowest BCUT2D eigenvalue weighted by atomic mass is 9.86. The number of anilines is 1. The van der Waals surface area contributed by atoms with E-state index in [1.165, 1.54) is 37.3 Å². The van der Waals surface area contributed by atoms with Gasteiger partial charge in [-0.1, -0.05) is 0 Å².